The van der Waals surface area contributed by atoms with E-state index in [-0.39, 0.29) is 6.61 Å². The van der Waals surface area contributed by atoms with Crippen molar-refractivity contribution in [3.63, 3.8) is 0 Å². The van der Waals surface area contributed by atoms with Crippen molar-refractivity contribution in [1.82, 2.24) is 0 Å². The van der Waals surface area contributed by atoms with Crippen LogP contribution in [0.2, 0.25) is 0 Å². The van der Waals surface area contributed by atoms with Crippen LogP contribution in [0.1, 0.15) is 40.3 Å². The summed E-state index contributed by atoms with van der Waals surface area (Å²) in [7, 11) is 0. The van der Waals surface area contributed by atoms with E-state index < -0.39 is 30.2 Å². The van der Waals surface area contributed by atoms with Gasteiger partial charge in [0.1, 0.15) is 18.3 Å². The molecule has 0 saturated carbocycles. The Morgan fingerprint density at radius 1 is 1.14 bits per heavy atom. The normalized spacial score (nSPS) is 31.6. The lowest BCUT2D eigenvalue weighted by Gasteiger charge is -2.45. The molecular weight excluding hydrogens is 356 g/mol. The molecule has 2 aliphatic rings. The van der Waals surface area contributed by atoms with Crippen LogP contribution in [0, 0.1) is 19.3 Å². The average Bonchev–Trinajstić information content (AvgIpc) is 3.04. The molecule has 2 heterocycles. The van der Waals surface area contributed by atoms with Crippen molar-refractivity contribution >= 4 is 0 Å². The summed E-state index contributed by atoms with van der Waals surface area (Å²) >= 11 is 0. The number of fused-ring (bicyclic) bond motifs is 2. The van der Waals surface area contributed by atoms with Gasteiger partial charge in [-0.25, -0.2) is 0 Å². The van der Waals surface area contributed by atoms with Crippen LogP contribution in [0.15, 0.2) is 36.4 Å². The number of aliphatic hydroxyl groups is 3. The quantitative estimate of drug-likeness (QED) is 0.692. The van der Waals surface area contributed by atoms with Gasteiger partial charge in [-0.05, 0) is 49.1 Å². The predicted molar refractivity (Wildman–Crippen MR) is 103 cm³/mol. The van der Waals surface area contributed by atoms with Crippen molar-refractivity contribution < 1.29 is 24.8 Å². The summed E-state index contributed by atoms with van der Waals surface area (Å²) in [6.45, 7) is 3.89. The van der Waals surface area contributed by atoms with Gasteiger partial charge >= 0.3 is 0 Å². The molecule has 0 amide bonds. The molecule has 0 radical (unpaired) electrons. The third kappa shape index (κ3) is 2.95. The Balaban J connectivity index is 1.77. The molecule has 3 N–H and O–H groups in total. The highest BCUT2D eigenvalue weighted by Gasteiger charge is 2.57. The summed E-state index contributed by atoms with van der Waals surface area (Å²) in [4.78, 5) is 0. The zero-order chi connectivity index (χ0) is 20.1. The molecule has 1 fully saturated rings. The van der Waals surface area contributed by atoms with Gasteiger partial charge in [0.25, 0.3) is 0 Å². The average molecular weight is 380 g/mol. The number of rotatable bonds is 2. The zero-order valence-corrected chi connectivity index (χ0v) is 15.9. The van der Waals surface area contributed by atoms with E-state index in [9.17, 15) is 15.3 Å². The van der Waals surface area contributed by atoms with Crippen LogP contribution in [0.5, 0.6) is 0 Å². The van der Waals surface area contributed by atoms with E-state index >= 15 is 0 Å². The van der Waals surface area contributed by atoms with Crippen LogP contribution in [0.4, 0.5) is 0 Å². The molecular formula is C23H24O5. The highest BCUT2D eigenvalue weighted by atomic mass is 16.7. The van der Waals surface area contributed by atoms with Crippen LogP contribution >= 0.6 is 0 Å². The largest absolute Gasteiger partial charge is 0.388 e. The zero-order valence-electron chi connectivity index (χ0n) is 15.9. The van der Waals surface area contributed by atoms with Gasteiger partial charge in [-0.2, -0.15) is 0 Å². The Morgan fingerprint density at radius 3 is 2.54 bits per heavy atom. The summed E-state index contributed by atoms with van der Waals surface area (Å²) in [6, 6.07) is 12.0. The van der Waals surface area contributed by atoms with E-state index in [4.69, 9.17) is 15.9 Å². The van der Waals surface area contributed by atoms with Crippen molar-refractivity contribution in [2.75, 3.05) is 0 Å². The van der Waals surface area contributed by atoms with Gasteiger partial charge in [0.2, 0.25) is 5.79 Å². The SMILES string of the molecule is C#Cc1cc2c(cc1Cc1ccc(C)cc1)[C@]1(OC2)O[C@H](C)[C@@H](O)[C@H](O)[C@H]1O. The maximum absolute atomic E-state index is 10.7. The summed E-state index contributed by atoms with van der Waals surface area (Å²) in [6.07, 6.45) is 1.69. The fraction of sp³-hybridized carbons (Fsp3) is 0.391. The second-order valence-electron chi connectivity index (χ2n) is 7.68. The number of benzene rings is 2. The van der Waals surface area contributed by atoms with E-state index in [0.717, 1.165) is 22.3 Å². The Hall–Kier alpha value is -2.20. The Labute approximate surface area is 164 Å². The fourth-order valence-corrected chi connectivity index (χ4v) is 4.05. The number of aryl methyl sites for hydroxylation is 1. The molecule has 1 saturated heterocycles. The lowest BCUT2D eigenvalue weighted by atomic mass is 9.85. The molecule has 5 heteroatoms. The molecule has 0 unspecified atom stereocenters. The lowest BCUT2D eigenvalue weighted by Crippen LogP contribution is -2.62. The molecule has 28 heavy (non-hydrogen) atoms. The summed E-state index contributed by atoms with van der Waals surface area (Å²) in [5.41, 5.74) is 5.44. The van der Waals surface area contributed by atoms with Gasteiger partial charge in [0, 0.05) is 11.1 Å². The van der Waals surface area contributed by atoms with E-state index in [1.54, 1.807) is 6.92 Å². The summed E-state index contributed by atoms with van der Waals surface area (Å²) < 4.78 is 11.8. The Kier molecular flexibility index (Phi) is 4.78. The molecule has 2 aromatic carbocycles. The minimum absolute atomic E-state index is 0.210. The van der Waals surface area contributed by atoms with E-state index in [2.05, 4.69) is 30.2 Å². The number of ether oxygens (including phenoxy) is 2. The number of hydrogen-bond acceptors (Lipinski definition) is 5. The van der Waals surface area contributed by atoms with E-state index in [1.807, 2.05) is 19.1 Å². The maximum atomic E-state index is 10.7. The van der Waals surface area contributed by atoms with Crippen LogP contribution in [0.25, 0.3) is 0 Å². The minimum Gasteiger partial charge on any atom is -0.388 e. The van der Waals surface area contributed by atoms with Crippen LogP contribution < -0.4 is 0 Å². The first-order chi connectivity index (χ1) is 13.4. The second kappa shape index (κ2) is 7.00. The Bertz CT molecular complexity index is 929. The van der Waals surface area contributed by atoms with Crippen molar-refractivity contribution in [2.45, 2.75) is 57.1 Å². The molecule has 5 atom stereocenters. The molecule has 2 aliphatic heterocycles. The number of aliphatic hydroxyl groups excluding tert-OH is 3. The highest BCUT2D eigenvalue weighted by Crippen LogP contribution is 2.46. The molecule has 146 valence electrons. The molecule has 0 aliphatic carbocycles. The van der Waals surface area contributed by atoms with Crippen LogP contribution in [-0.4, -0.2) is 39.7 Å². The van der Waals surface area contributed by atoms with Gasteiger partial charge in [-0.3, -0.25) is 0 Å². The summed E-state index contributed by atoms with van der Waals surface area (Å²) in [5.74, 6) is 1.22. The third-order valence-electron chi connectivity index (χ3n) is 5.72. The predicted octanol–water partition coefficient (Wildman–Crippen LogP) is 1.75. The smallest absolute Gasteiger partial charge is 0.225 e. The summed E-state index contributed by atoms with van der Waals surface area (Å²) in [5, 5.41) is 31.1. The molecule has 5 nitrogen and oxygen atoms in total. The van der Waals surface area contributed by atoms with Gasteiger partial charge in [-0.15, -0.1) is 6.42 Å². The molecule has 2 aromatic rings. The number of hydrogen-bond donors (Lipinski definition) is 3. The minimum atomic E-state index is -1.51. The van der Waals surface area contributed by atoms with Gasteiger partial charge < -0.3 is 24.8 Å². The van der Waals surface area contributed by atoms with E-state index in [0.29, 0.717) is 12.0 Å². The molecule has 0 bridgehead atoms. The van der Waals surface area contributed by atoms with Gasteiger partial charge in [0.15, 0.2) is 0 Å². The maximum Gasteiger partial charge on any atom is 0.225 e. The monoisotopic (exact) mass is 380 g/mol. The third-order valence-corrected chi connectivity index (χ3v) is 5.72. The molecule has 4 rings (SSSR count). The topological polar surface area (TPSA) is 79.2 Å². The van der Waals surface area contributed by atoms with Crippen LogP contribution in [0.3, 0.4) is 0 Å². The highest BCUT2D eigenvalue weighted by molar-refractivity contribution is 5.51. The van der Waals surface area contributed by atoms with Crippen molar-refractivity contribution in [3.05, 3.63) is 69.8 Å². The van der Waals surface area contributed by atoms with Crippen molar-refractivity contribution in [3.8, 4) is 12.3 Å². The lowest BCUT2D eigenvalue weighted by molar-refractivity contribution is -0.362. The standard InChI is InChI=1S/C23H24O5/c1-4-16-10-18-12-27-23(22(26)21(25)20(24)14(3)28-23)19(18)11-17(16)9-15-7-5-13(2)6-8-15/h1,5-8,10-11,14,20-22,24-26H,9,12H2,2-3H3/t14-,20-,21+,22-,23+/m1/s1. The second-order valence-corrected chi connectivity index (χ2v) is 7.68. The molecule has 0 aromatic heterocycles. The van der Waals surface area contributed by atoms with E-state index in [1.165, 1.54) is 5.56 Å². The fourth-order valence-electron chi connectivity index (χ4n) is 4.05. The Morgan fingerprint density at radius 2 is 1.86 bits per heavy atom. The van der Waals surface area contributed by atoms with Crippen molar-refractivity contribution in [2.24, 2.45) is 0 Å². The first-order valence-electron chi connectivity index (χ1n) is 9.40. The van der Waals surface area contributed by atoms with Gasteiger partial charge in [0.05, 0.1) is 12.7 Å². The van der Waals surface area contributed by atoms with Crippen molar-refractivity contribution in [1.29, 1.82) is 0 Å². The first kappa shape index (κ1) is 19.1. The van der Waals surface area contributed by atoms with Gasteiger partial charge in [-0.1, -0.05) is 35.7 Å². The first-order valence-corrected chi connectivity index (χ1v) is 9.40. The van der Waals surface area contributed by atoms with Crippen LogP contribution in [-0.2, 0) is 28.3 Å². The number of terminal acetylenes is 1. The molecule has 1 spiro atoms.